The van der Waals surface area contributed by atoms with Gasteiger partial charge in [0.2, 0.25) is 0 Å². The van der Waals surface area contributed by atoms with Crippen LogP contribution in [0.25, 0.3) is 0 Å². The Kier molecular flexibility index (Phi) is 8.11. The van der Waals surface area contributed by atoms with Crippen LogP contribution in [0.4, 0.5) is 19.0 Å². The van der Waals surface area contributed by atoms with Gasteiger partial charge in [-0.1, -0.05) is 18.2 Å². The number of hydrogen-bond acceptors (Lipinski definition) is 6. The Morgan fingerprint density at radius 3 is 2.64 bits per heavy atom. The van der Waals surface area contributed by atoms with Crippen molar-refractivity contribution in [2.24, 2.45) is 5.10 Å². The average molecular weight is 566 g/mol. The zero-order chi connectivity index (χ0) is 23.8. The monoisotopic (exact) mass is 566 g/mol. The van der Waals surface area contributed by atoms with Gasteiger partial charge >= 0.3 is 6.18 Å². The molecule has 0 unspecified atom stereocenters. The first kappa shape index (κ1) is 24.3. The van der Waals surface area contributed by atoms with E-state index in [9.17, 15) is 18.4 Å². The molecule has 1 N–H and O–H groups in total. The van der Waals surface area contributed by atoms with Crippen molar-refractivity contribution in [2.45, 2.75) is 19.7 Å². The van der Waals surface area contributed by atoms with Gasteiger partial charge in [0.15, 0.2) is 11.5 Å². The zero-order valence-electron chi connectivity index (χ0n) is 17.4. The molecule has 33 heavy (non-hydrogen) atoms. The van der Waals surface area contributed by atoms with Crippen molar-refractivity contribution in [3.8, 4) is 17.6 Å². The van der Waals surface area contributed by atoms with E-state index in [-0.39, 0.29) is 12.4 Å². The number of nitrogens with zero attached hydrogens (tertiary/aromatic N) is 3. The second-order valence-corrected chi connectivity index (χ2v) is 7.78. The standard InChI is InChI=1S/C23H18F3IN4O2/c1-2-32-20-10-15(12-30-31-21-8-7-18(13-29-21)23(24,25)26)9-19(27)22(20)33-14-17-6-4-3-5-16(17)11-28/h3-10,12-13H,2,14H2,1H3,(H,29,31)/b30-12-. The van der Waals surface area contributed by atoms with E-state index in [2.05, 4.69) is 44.2 Å². The van der Waals surface area contributed by atoms with Crippen LogP contribution >= 0.6 is 22.6 Å². The van der Waals surface area contributed by atoms with E-state index in [1.807, 2.05) is 25.1 Å². The van der Waals surface area contributed by atoms with E-state index in [0.717, 1.165) is 21.4 Å². The molecule has 0 saturated carbocycles. The molecule has 2 aromatic carbocycles. The summed E-state index contributed by atoms with van der Waals surface area (Å²) in [5, 5.41) is 13.3. The second kappa shape index (κ2) is 11.0. The lowest BCUT2D eigenvalue weighted by atomic mass is 10.1. The van der Waals surface area contributed by atoms with Crippen LogP contribution in [0.3, 0.4) is 0 Å². The highest BCUT2D eigenvalue weighted by Gasteiger charge is 2.30. The molecule has 0 bridgehead atoms. The SMILES string of the molecule is CCOc1cc(/C=N\Nc2ccc(C(F)(F)F)cn2)cc(I)c1OCc1ccccc1C#N. The average Bonchev–Trinajstić information content (AvgIpc) is 2.79. The fourth-order valence-electron chi connectivity index (χ4n) is 2.77. The maximum absolute atomic E-state index is 12.6. The number of halogens is 4. The summed E-state index contributed by atoms with van der Waals surface area (Å²) >= 11 is 2.12. The van der Waals surface area contributed by atoms with Gasteiger partial charge in [-0.2, -0.15) is 23.5 Å². The lowest BCUT2D eigenvalue weighted by Crippen LogP contribution is -2.05. The number of aromatic nitrogens is 1. The minimum absolute atomic E-state index is 0.176. The minimum Gasteiger partial charge on any atom is -0.490 e. The number of anilines is 1. The molecule has 10 heteroatoms. The van der Waals surface area contributed by atoms with E-state index < -0.39 is 11.7 Å². The number of nitrogens with one attached hydrogen (secondary N) is 1. The topological polar surface area (TPSA) is 79.5 Å². The maximum atomic E-state index is 12.6. The molecular formula is C23H18F3IN4O2. The van der Waals surface area contributed by atoms with Crippen molar-refractivity contribution < 1.29 is 22.6 Å². The molecule has 0 fully saturated rings. The second-order valence-electron chi connectivity index (χ2n) is 6.62. The summed E-state index contributed by atoms with van der Waals surface area (Å²) in [6.07, 6.45) is -2.20. The highest BCUT2D eigenvalue weighted by molar-refractivity contribution is 14.1. The van der Waals surface area contributed by atoms with Crippen LogP contribution in [0, 0.1) is 14.9 Å². The predicted molar refractivity (Wildman–Crippen MR) is 126 cm³/mol. The van der Waals surface area contributed by atoms with Crippen molar-refractivity contribution in [1.82, 2.24) is 4.98 Å². The highest BCUT2D eigenvalue weighted by atomic mass is 127. The van der Waals surface area contributed by atoms with Gasteiger partial charge in [0.1, 0.15) is 12.4 Å². The predicted octanol–water partition coefficient (Wildman–Crippen LogP) is 6.00. The number of benzene rings is 2. The molecule has 3 aromatic rings. The maximum Gasteiger partial charge on any atom is 0.417 e. The number of alkyl halides is 3. The van der Waals surface area contributed by atoms with Crippen LogP contribution in [0.15, 0.2) is 59.8 Å². The molecule has 0 aliphatic carbocycles. The Morgan fingerprint density at radius 2 is 1.97 bits per heavy atom. The number of nitriles is 1. The minimum atomic E-state index is -4.44. The van der Waals surface area contributed by atoms with Crippen molar-refractivity contribution in [3.63, 3.8) is 0 Å². The largest absolute Gasteiger partial charge is 0.490 e. The van der Waals surface area contributed by atoms with Crippen molar-refractivity contribution >= 4 is 34.6 Å². The van der Waals surface area contributed by atoms with Crippen LogP contribution < -0.4 is 14.9 Å². The first-order chi connectivity index (χ1) is 15.8. The van der Waals surface area contributed by atoms with Gasteiger partial charge in [-0.05, 0) is 65.4 Å². The lowest BCUT2D eigenvalue weighted by Gasteiger charge is -2.15. The summed E-state index contributed by atoms with van der Waals surface area (Å²) in [6.45, 7) is 2.46. The normalized spacial score (nSPS) is 11.3. The molecule has 3 rings (SSSR count). The highest BCUT2D eigenvalue weighted by Crippen LogP contribution is 2.35. The van der Waals surface area contributed by atoms with Crippen LogP contribution in [0.2, 0.25) is 0 Å². The van der Waals surface area contributed by atoms with Crippen molar-refractivity contribution in [2.75, 3.05) is 12.0 Å². The fourth-order valence-corrected chi connectivity index (χ4v) is 3.55. The van der Waals surface area contributed by atoms with E-state index in [0.29, 0.717) is 29.2 Å². The smallest absolute Gasteiger partial charge is 0.417 e. The molecule has 0 radical (unpaired) electrons. The quantitative estimate of drug-likeness (QED) is 0.206. The molecule has 0 saturated heterocycles. The van der Waals surface area contributed by atoms with Gasteiger partial charge in [-0.15, -0.1) is 0 Å². The molecule has 0 aliphatic heterocycles. The Balaban J connectivity index is 1.74. The Morgan fingerprint density at radius 1 is 1.18 bits per heavy atom. The third kappa shape index (κ3) is 6.58. The summed E-state index contributed by atoms with van der Waals surface area (Å²) in [4.78, 5) is 3.71. The van der Waals surface area contributed by atoms with Gasteiger partial charge in [-0.25, -0.2) is 4.98 Å². The van der Waals surface area contributed by atoms with Gasteiger partial charge in [0, 0.05) is 11.8 Å². The number of hydrogen-bond donors (Lipinski definition) is 1. The van der Waals surface area contributed by atoms with Crippen LogP contribution in [-0.4, -0.2) is 17.8 Å². The molecule has 6 nitrogen and oxygen atoms in total. The van der Waals surface area contributed by atoms with Crippen molar-refractivity contribution in [3.05, 3.63) is 80.6 Å². The van der Waals surface area contributed by atoms with Crippen LogP contribution in [0.5, 0.6) is 11.5 Å². The molecule has 0 atom stereocenters. The Hall–Kier alpha value is -3.33. The number of pyridine rings is 1. The van der Waals surface area contributed by atoms with Gasteiger partial charge in [-0.3, -0.25) is 5.43 Å². The molecule has 0 aliphatic rings. The number of rotatable bonds is 8. The van der Waals surface area contributed by atoms with E-state index in [1.165, 1.54) is 12.3 Å². The number of hydrazone groups is 1. The molecule has 1 aromatic heterocycles. The lowest BCUT2D eigenvalue weighted by molar-refractivity contribution is -0.137. The summed E-state index contributed by atoms with van der Waals surface area (Å²) in [6, 6.07) is 15.0. The fraction of sp³-hybridized carbons (Fsp3) is 0.174. The summed E-state index contributed by atoms with van der Waals surface area (Å²) in [5.74, 6) is 1.22. The summed E-state index contributed by atoms with van der Waals surface area (Å²) < 4.78 is 50.3. The Bertz CT molecular complexity index is 1180. The molecule has 0 amide bonds. The van der Waals surface area contributed by atoms with Gasteiger partial charge in [0.25, 0.3) is 0 Å². The third-order valence-electron chi connectivity index (χ3n) is 4.33. The van der Waals surface area contributed by atoms with Gasteiger partial charge < -0.3 is 9.47 Å². The van der Waals surface area contributed by atoms with Crippen molar-refractivity contribution in [1.29, 1.82) is 5.26 Å². The molecule has 0 spiro atoms. The third-order valence-corrected chi connectivity index (χ3v) is 5.13. The molecule has 1 heterocycles. The van der Waals surface area contributed by atoms with E-state index >= 15 is 0 Å². The molecule has 170 valence electrons. The first-order valence-corrected chi connectivity index (χ1v) is 10.8. The van der Waals surface area contributed by atoms with Gasteiger partial charge in [0.05, 0.1) is 33.6 Å². The molecular weight excluding hydrogens is 548 g/mol. The van der Waals surface area contributed by atoms with E-state index in [1.54, 1.807) is 18.2 Å². The van der Waals surface area contributed by atoms with Crippen LogP contribution in [-0.2, 0) is 12.8 Å². The summed E-state index contributed by atoms with van der Waals surface area (Å²) in [5.41, 5.74) is 3.76. The first-order valence-electron chi connectivity index (χ1n) is 9.71. The Labute approximate surface area is 202 Å². The summed E-state index contributed by atoms with van der Waals surface area (Å²) in [7, 11) is 0. The zero-order valence-corrected chi connectivity index (χ0v) is 19.5. The van der Waals surface area contributed by atoms with Crippen LogP contribution in [0.1, 0.15) is 29.2 Å². The number of ether oxygens (including phenoxy) is 2. The van der Waals surface area contributed by atoms with E-state index in [4.69, 9.17) is 9.47 Å².